The first-order valence-electron chi connectivity index (χ1n) is 6.14. The Morgan fingerprint density at radius 1 is 1.53 bits per heavy atom. The van der Waals surface area contributed by atoms with Gasteiger partial charge in [-0.15, -0.1) is 0 Å². The SMILES string of the molecule is Cc1c(C(=O)NCCC(C)O)oc2c(Cl)cccc12. The number of fused-ring (bicyclic) bond motifs is 1. The topological polar surface area (TPSA) is 62.5 Å². The average Bonchev–Trinajstić information content (AvgIpc) is 2.68. The van der Waals surface area contributed by atoms with Gasteiger partial charge in [0.1, 0.15) is 0 Å². The second kappa shape index (κ2) is 5.63. The lowest BCUT2D eigenvalue weighted by Crippen LogP contribution is -2.26. The van der Waals surface area contributed by atoms with Gasteiger partial charge in [0.05, 0.1) is 11.1 Å². The maximum absolute atomic E-state index is 12.0. The lowest BCUT2D eigenvalue weighted by atomic mass is 10.1. The number of furan rings is 1. The Hall–Kier alpha value is -1.52. The van der Waals surface area contributed by atoms with E-state index in [0.29, 0.717) is 23.6 Å². The Kier molecular flexibility index (Phi) is 4.12. The summed E-state index contributed by atoms with van der Waals surface area (Å²) in [6.45, 7) is 3.91. The molecular weight excluding hydrogens is 266 g/mol. The first-order chi connectivity index (χ1) is 9.00. The third-order valence-electron chi connectivity index (χ3n) is 2.97. The van der Waals surface area contributed by atoms with Crippen LogP contribution in [-0.4, -0.2) is 23.7 Å². The monoisotopic (exact) mass is 281 g/mol. The van der Waals surface area contributed by atoms with E-state index in [1.807, 2.05) is 19.1 Å². The molecule has 0 saturated carbocycles. The van der Waals surface area contributed by atoms with Crippen molar-refractivity contribution < 1.29 is 14.3 Å². The van der Waals surface area contributed by atoms with Crippen molar-refractivity contribution in [3.8, 4) is 0 Å². The van der Waals surface area contributed by atoms with Crippen LogP contribution in [0.25, 0.3) is 11.0 Å². The second-order valence-corrected chi connectivity index (χ2v) is 4.97. The van der Waals surface area contributed by atoms with Crippen molar-refractivity contribution in [3.05, 3.63) is 34.5 Å². The van der Waals surface area contributed by atoms with E-state index < -0.39 is 6.10 Å². The fourth-order valence-electron chi connectivity index (χ4n) is 1.90. The molecule has 2 aromatic rings. The second-order valence-electron chi connectivity index (χ2n) is 4.57. The summed E-state index contributed by atoms with van der Waals surface area (Å²) in [6, 6.07) is 5.41. The molecule has 0 spiro atoms. The molecule has 1 amide bonds. The number of nitrogens with one attached hydrogen (secondary N) is 1. The van der Waals surface area contributed by atoms with Crippen LogP contribution in [0.5, 0.6) is 0 Å². The van der Waals surface area contributed by atoms with E-state index >= 15 is 0 Å². The molecule has 0 bridgehead atoms. The van der Waals surface area contributed by atoms with Gasteiger partial charge in [0.25, 0.3) is 5.91 Å². The molecule has 1 unspecified atom stereocenters. The van der Waals surface area contributed by atoms with Crippen molar-refractivity contribution in [3.63, 3.8) is 0 Å². The maximum atomic E-state index is 12.0. The van der Waals surface area contributed by atoms with Crippen LogP contribution in [0.15, 0.2) is 22.6 Å². The Labute approximate surface area is 116 Å². The molecule has 5 heteroatoms. The number of carbonyl (C=O) groups is 1. The minimum atomic E-state index is -0.438. The average molecular weight is 282 g/mol. The van der Waals surface area contributed by atoms with Crippen LogP contribution >= 0.6 is 11.6 Å². The standard InChI is InChI=1S/C14H16ClNO3/c1-8(17)6-7-16-14(18)12-9(2)10-4-3-5-11(15)13(10)19-12/h3-5,8,17H,6-7H2,1-2H3,(H,16,18). The molecule has 1 atom stereocenters. The largest absolute Gasteiger partial charge is 0.449 e. The molecule has 2 N–H and O–H groups in total. The van der Waals surface area contributed by atoms with Crippen molar-refractivity contribution in [1.82, 2.24) is 5.32 Å². The minimum absolute atomic E-state index is 0.272. The van der Waals surface area contributed by atoms with Gasteiger partial charge in [-0.1, -0.05) is 23.7 Å². The predicted octanol–water partition coefficient (Wildman–Crippen LogP) is 2.90. The Morgan fingerprint density at radius 3 is 2.89 bits per heavy atom. The predicted molar refractivity (Wildman–Crippen MR) is 74.6 cm³/mol. The van der Waals surface area contributed by atoms with Crippen LogP contribution in [0.4, 0.5) is 0 Å². The zero-order valence-corrected chi connectivity index (χ0v) is 11.6. The number of aryl methyl sites for hydroxylation is 1. The highest BCUT2D eigenvalue weighted by atomic mass is 35.5. The van der Waals surface area contributed by atoms with E-state index in [0.717, 1.165) is 10.9 Å². The number of benzene rings is 1. The summed E-state index contributed by atoms with van der Waals surface area (Å²) >= 11 is 6.03. The Morgan fingerprint density at radius 2 is 2.26 bits per heavy atom. The summed E-state index contributed by atoms with van der Waals surface area (Å²) in [4.78, 5) is 12.0. The van der Waals surface area contributed by atoms with Gasteiger partial charge in [0.2, 0.25) is 0 Å². The third kappa shape index (κ3) is 2.91. The van der Waals surface area contributed by atoms with E-state index in [1.54, 1.807) is 13.0 Å². The molecule has 0 fully saturated rings. The molecular formula is C14H16ClNO3. The molecule has 1 aromatic heterocycles. The van der Waals surface area contributed by atoms with Gasteiger partial charge < -0.3 is 14.8 Å². The van der Waals surface area contributed by atoms with Gasteiger partial charge >= 0.3 is 0 Å². The number of rotatable bonds is 4. The summed E-state index contributed by atoms with van der Waals surface area (Å²) in [5, 5.41) is 13.2. The van der Waals surface area contributed by atoms with Crippen LogP contribution in [0.1, 0.15) is 29.5 Å². The zero-order chi connectivity index (χ0) is 14.0. The molecule has 0 radical (unpaired) electrons. The van der Waals surface area contributed by atoms with Crippen molar-refractivity contribution in [2.24, 2.45) is 0 Å². The van der Waals surface area contributed by atoms with E-state index in [2.05, 4.69) is 5.32 Å². The highest BCUT2D eigenvalue weighted by molar-refractivity contribution is 6.35. The number of aliphatic hydroxyl groups excluding tert-OH is 1. The smallest absolute Gasteiger partial charge is 0.287 e. The molecule has 2 rings (SSSR count). The molecule has 0 aliphatic heterocycles. The molecule has 19 heavy (non-hydrogen) atoms. The summed E-state index contributed by atoms with van der Waals surface area (Å²) in [5.74, 6) is -0.0147. The number of amides is 1. The summed E-state index contributed by atoms with van der Waals surface area (Å²) in [5.41, 5.74) is 1.30. The van der Waals surface area contributed by atoms with E-state index in [9.17, 15) is 4.79 Å². The van der Waals surface area contributed by atoms with E-state index in [4.69, 9.17) is 21.1 Å². The number of para-hydroxylation sites is 1. The number of hydrogen-bond donors (Lipinski definition) is 2. The maximum Gasteiger partial charge on any atom is 0.287 e. The quantitative estimate of drug-likeness (QED) is 0.906. The van der Waals surface area contributed by atoms with Crippen molar-refractivity contribution in [1.29, 1.82) is 0 Å². The number of aliphatic hydroxyl groups is 1. The Bertz CT molecular complexity index is 604. The van der Waals surface area contributed by atoms with Gasteiger partial charge in [0.15, 0.2) is 11.3 Å². The fraction of sp³-hybridized carbons (Fsp3) is 0.357. The Balaban J connectivity index is 2.23. The van der Waals surface area contributed by atoms with Crippen molar-refractivity contribution in [2.45, 2.75) is 26.4 Å². The van der Waals surface area contributed by atoms with Gasteiger partial charge in [-0.3, -0.25) is 4.79 Å². The normalized spacial score (nSPS) is 12.6. The first kappa shape index (κ1) is 13.9. The number of hydrogen-bond acceptors (Lipinski definition) is 3. The van der Waals surface area contributed by atoms with Crippen molar-refractivity contribution in [2.75, 3.05) is 6.54 Å². The van der Waals surface area contributed by atoms with Crippen LogP contribution in [0, 0.1) is 6.92 Å². The van der Waals surface area contributed by atoms with Crippen LogP contribution < -0.4 is 5.32 Å². The molecule has 102 valence electrons. The zero-order valence-electron chi connectivity index (χ0n) is 10.9. The summed E-state index contributed by atoms with van der Waals surface area (Å²) in [7, 11) is 0. The van der Waals surface area contributed by atoms with Gasteiger partial charge in [-0.2, -0.15) is 0 Å². The van der Waals surface area contributed by atoms with E-state index in [1.165, 1.54) is 0 Å². The highest BCUT2D eigenvalue weighted by Gasteiger charge is 2.18. The van der Waals surface area contributed by atoms with Crippen LogP contribution in [0.3, 0.4) is 0 Å². The molecule has 0 aliphatic rings. The van der Waals surface area contributed by atoms with Crippen molar-refractivity contribution >= 4 is 28.5 Å². The van der Waals surface area contributed by atoms with Gasteiger partial charge in [0, 0.05) is 17.5 Å². The highest BCUT2D eigenvalue weighted by Crippen LogP contribution is 2.30. The summed E-state index contributed by atoms with van der Waals surface area (Å²) < 4.78 is 5.54. The van der Waals surface area contributed by atoms with Crippen LogP contribution in [0.2, 0.25) is 5.02 Å². The molecule has 4 nitrogen and oxygen atoms in total. The molecule has 1 heterocycles. The lowest BCUT2D eigenvalue weighted by molar-refractivity contribution is 0.0919. The van der Waals surface area contributed by atoms with Gasteiger partial charge in [-0.05, 0) is 26.3 Å². The lowest BCUT2D eigenvalue weighted by Gasteiger charge is -2.05. The summed E-state index contributed by atoms with van der Waals surface area (Å²) in [6.07, 6.45) is 0.0673. The molecule has 1 aromatic carbocycles. The first-order valence-corrected chi connectivity index (χ1v) is 6.52. The minimum Gasteiger partial charge on any atom is -0.449 e. The fourth-order valence-corrected chi connectivity index (χ4v) is 2.11. The number of carbonyl (C=O) groups excluding carboxylic acids is 1. The molecule has 0 saturated heterocycles. The third-order valence-corrected chi connectivity index (χ3v) is 3.27. The molecule has 0 aliphatic carbocycles. The number of halogens is 1. The van der Waals surface area contributed by atoms with E-state index in [-0.39, 0.29) is 11.7 Å². The van der Waals surface area contributed by atoms with Gasteiger partial charge in [-0.25, -0.2) is 0 Å². The van der Waals surface area contributed by atoms with Crippen LogP contribution in [-0.2, 0) is 0 Å².